The lowest BCUT2D eigenvalue weighted by atomic mass is 10.2. The van der Waals surface area contributed by atoms with Gasteiger partial charge in [-0.1, -0.05) is 28.9 Å². The van der Waals surface area contributed by atoms with Crippen molar-refractivity contribution >= 4 is 17.8 Å². The summed E-state index contributed by atoms with van der Waals surface area (Å²) < 4.78 is 0. The highest BCUT2D eigenvalue weighted by Gasteiger charge is 2.12. The predicted octanol–water partition coefficient (Wildman–Crippen LogP) is 1.94. The fourth-order valence-electron chi connectivity index (χ4n) is 1.94. The molecule has 1 fully saturated rings. The van der Waals surface area contributed by atoms with E-state index in [0.29, 0.717) is 6.61 Å². The van der Waals surface area contributed by atoms with Gasteiger partial charge in [0.2, 0.25) is 0 Å². The van der Waals surface area contributed by atoms with Crippen molar-refractivity contribution in [1.29, 1.82) is 0 Å². The smallest absolute Gasteiger partial charge is 0.129 e. The average molecular weight is 282 g/mol. The molecular weight excluding hydrogens is 262 g/mol. The summed E-state index contributed by atoms with van der Waals surface area (Å²) in [4.78, 5) is 10.0. The van der Waals surface area contributed by atoms with Gasteiger partial charge in [-0.05, 0) is 24.7 Å². The van der Waals surface area contributed by atoms with E-state index in [2.05, 4.69) is 22.0 Å². The zero-order valence-corrected chi connectivity index (χ0v) is 12.0. The van der Waals surface area contributed by atoms with Crippen molar-refractivity contribution in [1.82, 2.24) is 9.80 Å². The number of piperazine rings is 1. The molecule has 104 valence electrons. The lowest BCUT2D eigenvalue weighted by Gasteiger charge is -2.31. The third kappa shape index (κ3) is 5.19. The zero-order chi connectivity index (χ0) is 13.5. The molecule has 0 spiro atoms. The second-order valence-corrected chi connectivity index (χ2v) is 5.20. The summed E-state index contributed by atoms with van der Waals surface area (Å²) in [5.41, 5.74) is 0.990. The minimum atomic E-state index is 0.633. The zero-order valence-electron chi connectivity index (χ0n) is 11.3. The van der Waals surface area contributed by atoms with Crippen molar-refractivity contribution in [2.75, 3.05) is 46.4 Å². The van der Waals surface area contributed by atoms with E-state index in [1.807, 2.05) is 24.3 Å². The molecule has 19 heavy (non-hydrogen) atoms. The van der Waals surface area contributed by atoms with Crippen LogP contribution >= 0.6 is 11.6 Å². The maximum absolute atomic E-state index is 5.81. The minimum absolute atomic E-state index is 0.633. The molecule has 1 aromatic carbocycles. The number of benzene rings is 1. The van der Waals surface area contributed by atoms with E-state index in [-0.39, 0.29) is 0 Å². The van der Waals surface area contributed by atoms with Gasteiger partial charge in [-0.3, -0.25) is 4.90 Å². The number of halogens is 1. The number of hydrogen-bond acceptors (Lipinski definition) is 4. The molecule has 5 heteroatoms. The standard InChI is InChI=1S/C14H20ClN3O/c1-17-6-8-18(9-7-17)10-11-19-16-12-13-2-4-14(15)5-3-13/h2-5,12H,6-11H2,1H3/b16-12+. The largest absolute Gasteiger partial charge is 0.394 e. The fourth-order valence-corrected chi connectivity index (χ4v) is 2.07. The van der Waals surface area contributed by atoms with Crippen LogP contribution < -0.4 is 0 Å². The van der Waals surface area contributed by atoms with E-state index in [1.54, 1.807) is 6.21 Å². The summed E-state index contributed by atoms with van der Waals surface area (Å²) in [6.07, 6.45) is 1.71. The van der Waals surface area contributed by atoms with Crippen LogP contribution in [0.1, 0.15) is 5.56 Å². The van der Waals surface area contributed by atoms with E-state index in [0.717, 1.165) is 43.3 Å². The van der Waals surface area contributed by atoms with Gasteiger partial charge in [0.15, 0.2) is 0 Å². The molecular formula is C14H20ClN3O. The van der Waals surface area contributed by atoms with Crippen LogP contribution in [0.25, 0.3) is 0 Å². The molecule has 1 heterocycles. The van der Waals surface area contributed by atoms with E-state index in [4.69, 9.17) is 16.4 Å². The molecule has 1 aliphatic rings. The van der Waals surface area contributed by atoms with E-state index >= 15 is 0 Å². The maximum atomic E-state index is 5.81. The van der Waals surface area contributed by atoms with Gasteiger partial charge in [0, 0.05) is 37.7 Å². The first-order valence-electron chi connectivity index (χ1n) is 6.56. The van der Waals surface area contributed by atoms with Gasteiger partial charge in [0.05, 0.1) is 6.21 Å². The molecule has 0 radical (unpaired) electrons. The lowest BCUT2D eigenvalue weighted by molar-refractivity contribution is 0.0868. The average Bonchev–Trinajstić information content (AvgIpc) is 2.43. The Morgan fingerprint density at radius 2 is 1.89 bits per heavy atom. The Morgan fingerprint density at radius 3 is 2.58 bits per heavy atom. The van der Waals surface area contributed by atoms with E-state index < -0.39 is 0 Å². The van der Waals surface area contributed by atoms with Crippen LogP contribution in [-0.2, 0) is 4.84 Å². The van der Waals surface area contributed by atoms with Crippen molar-refractivity contribution in [3.63, 3.8) is 0 Å². The van der Waals surface area contributed by atoms with E-state index in [9.17, 15) is 0 Å². The first-order chi connectivity index (χ1) is 9.24. The Hall–Kier alpha value is -1.10. The SMILES string of the molecule is CN1CCN(CCO/N=C/c2ccc(Cl)cc2)CC1. The van der Waals surface area contributed by atoms with Gasteiger partial charge in [0.1, 0.15) is 6.61 Å². The number of oxime groups is 1. The van der Waals surface area contributed by atoms with Crippen molar-refractivity contribution in [2.45, 2.75) is 0 Å². The number of nitrogens with zero attached hydrogens (tertiary/aromatic N) is 3. The van der Waals surface area contributed by atoms with Crippen LogP contribution in [0, 0.1) is 0 Å². The third-order valence-corrected chi connectivity index (χ3v) is 3.49. The fraction of sp³-hybridized carbons (Fsp3) is 0.500. The Kier molecular flexibility index (Phi) is 5.63. The molecule has 1 aliphatic heterocycles. The lowest BCUT2D eigenvalue weighted by Crippen LogP contribution is -2.45. The summed E-state index contributed by atoms with van der Waals surface area (Å²) in [7, 11) is 2.16. The Balaban J connectivity index is 1.62. The van der Waals surface area contributed by atoms with E-state index in [1.165, 1.54) is 0 Å². The molecule has 2 rings (SSSR count). The van der Waals surface area contributed by atoms with Gasteiger partial charge >= 0.3 is 0 Å². The molecule has 0 aliphatic carbocycles. The van der Waals surface area contributed by atoms with Crippen LogP contribution in [0.15, 0.2) is 29.4 Å². The van der Waals surface area contributed by atoms with Crippen molar-refractivity contribution in [3.8, 4) is 0 Å². The normalized spacial score (nSPS) is 18.0. The summed E-state index contributed by atoms with van der Waals surface area (Å²) in [5, 5.41) is 4.70. The molecule has 1 saturated heterocycles. The highest BCUT2D eigenvalue weighted by molar-refractivity contribution is 6.30. The van der Waals surface area contributed by atoms with Crippen LogP contribution in [-0.4, -0.2) is 62.4 Å². The molecule has 0 N–H and O–H groups in total. The van der Waals surface area contributed by atoms with Crippen molar-refractivity contribution in [2.24, 2.45) is 5.16 Å². The molecule has 0 atom stereocenters. The summed E-state index contributed by atoms with van der Waals surface area (Å²) >= 11 is 5.81. The highest BCUT2D eigenvalue weighted by Crippen LogP contribution is 2.07. The second kappa shape index (κ2) is 7.48. The molecule has 1 aromatic rings. The van der Waals surface area contributed by atoms with Gasteiger partial charge in [-0.25, -0.2) is 0 Å². The predicted molar refractivity (Wildman–Crippen MR) is 78.9 cm³/mol. The number of likely N-dealkylation sites (N-methyl/N-ethyl adjacent to an activating group) is 1. The van der Waals surface area contributed by atoms with Crippen LogP contribution in [0.3, 0.4) is 0 Å². The summed E-state index contributed by atoms with van der Waals surface area (Å²) in [6.45, 7) is 6.06. The van der Waals surface area contributed by atoms with Gasteiger partial charge in [0.25, 0.3) is 0 Å². The summed E-state index contributed by atoms with van der Waals surface area (Å²) in [6, 6.07) is 7.51. The Bertz CT molecular complexity index is 400. The molecule has 0 saturated carbocycles. The highest BCUT2D eigenvalue weighted by atomic mass is 35.5. The number of rotatable bonds is 5. The van der Waals surface area contributed by atoms with Crippen LogP contribution in [0.2, 0.25) is 5.02 Å². The quantitative estimate of drug-likeness (QED) is 0.469. The third-order valence-electron chi connectivity index (χ3n) is 3.24. The molecule has 0 aromatic heterocycles. The van der Waals surface area contributed by atoms with Gasteiger partial charge in [-0.2, -0.15) is 0 Å². The van der Waals surface area contributed by atoms with Crippen LogP contribution in [0.4, 0.5) is 0 Å². The number of hydrogen-bond donors (Lipinski definition) is 0. The Morgan fingerprint density at radius 1 is 1.21 bits per heavy atom. The monoisotopic (exact) mass is 281 g/mol. The topological polar surface area (TPSA) is 28.1 Å². The van der Waals surface area contributed by atoms with Gasteiger partial charge < -0.3 is 9.74 Å². The molecule has 0 bridgehead atoms. The van der Waals surface area contributed by atoms with Crippen molar-refractivity contribution in [3.05, 3.63) is 34.9 Å². The summed E-state index contributed by atoms with van der Waals surface area (Å²) in [5.74, 6) is 0. The first-order valence-corrected chi connectivity index (χ1v) is 6.93. The van der Waals surface area contributed by atoms with Crippen molar-refractivity contribution < 1.29 is 4.84 Å². The molecule has 0 unspecified atom stereocenters. The second-order valence-electron chi connectivity index (χ2n) is 4.76. The molecule has 4 nitrogen and oxygen atoms in total. The first kappa shape index (κ1) is 14.3. The van der Waals surface area contributed by atoms with Crippen LogP contribution in [0.5, 0.6) is 0 Å². The Labute approximate surface area is 119 Å². The molecule has 0 amide bonds. The van der Waals surface area contributed by atoms with Gasteiger partial charge in [-0.15, -0.1) is 0 Å². The maximum Gasteiger partial charge on any atom is 0.129 e. The minimum Gasteiger partial charge on any atom is -0.394 e.